The van der Waals surface area contributed by atoms with Gasteiger partial charge in [-0.3, -0.25) is 9.59 Å². The maximum atomic E-state index is 13.2. The van der Waals surface area contributed by atoms with Crippen LogP contribution in [-0.4, -0.2) is 26.6 Å². The molecule has 0 radical (unpaired) electrons. The minimum atomic E-state index is -0.217. The Labute approximate surface area is 170 Å². The van der Waals surface area contributed by atoms with Crippen LogP contribution in [0.5, 0.6) is 5.75 Å². The van der Waals surface area contributed by atoms with Crippen molar-refractivity contribution in [3.8, 4) is 17.1 Å². The van der Waals surface area contributed by atoms with E-state index in [0.29, 0.717) is 44.7 Å². The van der Waals surface area contributed by atoms with E-state index < -0.39 is 0 Å². The first-order valence-electron chi connectivity index (χ1n) is 9.56. The van der Waals surface area contributed by atoms with Crippen LogP contribution in [-0.2, 0) is 0 Å². The van der Waals surface area contributed by atoms with Gasteiger partial charge in [0.1, 0.15) is 17.1 Å². The second kappa shape index (κ2) is 5.87. The Balaban J connectivity index is 1.65. The van der Waals surface area contributed by atoms with Crippen molar-refractivity contribution in [2.75, 3.05) is 0 Å². The molecule has 5 nitrogen and oxygen atoms in total. The molecule has 0 unspecified atom stereocenters. The summed E-state index contributed by atoms with van der Waals surface area (Å²) in [6.45, 7) is 0. The second-order valence-corrected chi connectivity index (χ2v) is 7.35. The Bertz CT molecular complexity index is 1550. The number of rotatable bonds is 1. The molecule has 0 amide bonds. The van der Waals surface area contributed by atoms with Gasteiger partial charge in [-0.2, -0.15) is 0 Å². The van der Waals surface area contributed by atoms with Gasteiger partial charge in [0, 0.05) is 16.7 Å². The third kappa shape index (κ3) is 2.14. The van der Waals surface area contributed by atoms with Gasteiger partial charge in [0.25, 0.3) is 0 Å². The van der Waals surface area contributed by atoms with Gasteiger partial charge in [-0.1, -0.05) is 54.6 Å². The molecule has 1 aromatic heterocycles. The lowest BCUT2D eigenvalue weighted by Gasteiger charge is -2.17. The van der Waals surface area contributed by atoms with Gasteiger partial charge < -0.3 is 10.1 Å². The van der Waals surface area contributed by atoms with Crippen LogP contribution >= 0.6 is 0 Å². The molecule has 1 aliphatic rings. The van der Waals surface area contributed by atoms with Crippen LogP contribution in [0.25, 0.3) is 33.2 Å². The minimum absolute atomic E-state index is 0.0920. The monoisotopic (exact) mass is 390 g/mol. The Morgan fingerprint density at radius 3 is 2.27 bits per heavy atom. The molecule has 1 heterocycles. The van der Waals surface area contributed by atoms with Crippen LogP contribution in [0.4, 0.5) is 0 Å². The number of aromatic hydroxyl groups is 1. The number of H-pyrrole nitrogens is 1. The summed E-state index contributed by atoms with van der Waals surface area (Å²) in [6.07, 6.45) is 0. The average Bonchev–Trinajstić information content (AvgIpc) is 3.20. The molecule has 4 aromatic carbocycles. The molecule has 6 rings (SSSR count). The average molecular weight is 390 g/mol. The summed E-state index contributed by atoms with van der Waals surface area (Å²) in [5.41, 5.74) is 3.09. The fourth-order valence-corrected chi connectivity index (χ4v) is 4.28. The van der Waals surface area contributed by atoms with Gasteiger partial charge in [-0.25, -0.2) is 4.98 Å². The molecule has 0 atom stereocenters. The smallest absolute Gasteiger partial charge is 0.196 e. The van der Waals surface area contributed by atoms with Crippen molar-refractivity contribution in [3.05, 3.63) is 95.1 Å². The molecule has 2 N–H and O–H groups in total. The Morgan fingerprint density at radius 1 is 0.700 bits per heavy atom. The number of nitrogens with zero attached hydrogens (tertiary/aromatic N) is 1. The van der Waals surface area contributed by atoms with E-state index in [4.69, 9.17) is 0 Å². The van der Waals surface area contributed by atoms with Crippen molar-refractivity contribution in [2.45, 2.75) is 0 Å². The first-order valence-corrected chi connectivity index (χ1v) is 9.56. The van der Waals surface area contributed by atoms with Crippen LogP contribution in [0.3, 0.4) is 0 Å². The molecule has 0 aliphatic heterocycles. The summed E-state index contributed by atoms with van der Waals surface area (Å²) in [7, 11) is 0. The lowest BCUT2D eigenvalue weighted by molar-refractivity contribution is 0.0980. The summed E-state index contributed by atoms with van der Waals surface area (Å²) in [6, 6.07) is 21.4. The molecule has 0 saturated heterocycles. The number of phenols is 1. The summed E-state index contributed by atoms with van der Waals surface area (Å²) in [4.78, 5) is 34.1. The number of hydrogen-bond donors (Lipinski definition) is 2. The number of fused-ring (bicyclic) bond motifs is 5. The molecule has 0 saturated carbocycles. The molecule has 0 bridgehead atoms. The van der Waals surface area contributed by atoms with Gasteiger partial charge in [0.15, 0.2) is 11.6 Å². The van der Waals surface area contributed by atoms with Gasteiger partial charge >= 0.3 is 0 Å². The summed E-state index contributed by atoms with van der Waals surface area (Å²) in [5.74, 6) is 0.145. The standard InChI is InChI=1S/C25H14N2O3/c28-19-12-9-13-5-1-2-6-14(13)20(19)25-26-18-11-10-17-21(22(18)27-25)24(30)16-8-4-3-7-15(16)23(17)29/h1-12,28H,(H,26,27). The number of carbonyl (C=O) groups is 2. The zero-order chi connectivity index (χ0) is 20.4. The van der Waals surface area contributed by atoms with Crippen molar-refractivity contribution in [2.24, 2.45) is 0 Å². The van der Waals surface area contributed by atoms with Crippen LogP contribution in [0, 0.1) is 0 Å². The largest absolute Gasteiger partial charge is 0.507 e. The number of ketones is 2. The van der Waals surface area contributed by atoms with E-state index in [0.717, 1.165) is 10.8 Å². The Morgan fingerprint density at radius 2 is 1.43 bits per heavy atom. The van der Waals surface area contributed by atoms with Crippen molar-refractivity contribution in [1.82, 2.24) is 9.97 Å². The quantitative estimate of drug-likeness (QED) is 0.420. The van der Waals surface area contributed by atoms with Crippen molar-refractivity contribution < 1.29 is 14.7 Å². The summed E-state index contributed by atoms with van der Waals surface area (Å²) >= 11 is 0. The number of hydrogen-bond acceptors (Lipinski definition) is 4. The predicted octanol–water partition coefficient (Wildman–Crippen LogP) is 4.86. The highest BCUT2D eigenvalue weighted by atomic mass is 16.3. The molecule has 0 spiro atoms. The lowest BCUT2D eigenvalue weighted by atomic mass is 9.83. The third-order valence-corrected chi connectivity index (χ3v) is 5.69. The van der Waals surface area contributed by atoms with Gasteiger partial charge in [-0.15, -0.1) is 0 Å². The van der Waals surface area contributed by atoms with Gasteiger partial charge in [-0.05, 0) is 29.0 Å². The number of imidazole rings is 1. The molecule has 0 fully saturated rings. The van der Waals surface area contributed by atoms with Gasteiger partial charge in [0.2, 0.25) is 0 Å². The van der Waals surface area contributed by atoms with E-state index in [-0.39, 0.29) is 17.3 Å². The van der Waals surface area contributed by atoms with Crippen LogP contribution < -0.4 is 0 Å². The maximum absolute atomic E-state index is 13.2. The summed E-state index contributed by atoms with van der Waals surface area (Å²) in [5, 5.41) is 12.4. The number of phenolic OH excluding ortho intramolecular Hbond substituents is 1. The number of benzene rings is 4. The molecular weight excluding hydrogens is 376 g/mol. The van der Waals surface area contributed by atoms with E-state index in [2.05, 4.69) is 9.97 Å². The minimum Gasteiger partial charge on any atom is -0.507 e. The lowest BCUT2D eigenvalue weighted by Crippen LogP contribution is -2.21. The highest BCUT2D eigenvalue weighted by Crippen LogP contribution is 2.38. The number of carbonyl (C=O) groups excluding carboxylic acids is 2. The zero-order valence-electron chi connectivity index (χ0n) is 15.6. The molecular formula is C25H14N2O3. The molecule has 1 aliphatic carbocycles. The predicted molar refractivity (Wildman–Crippen MR) is 114 cm³/mol. The second-order valence-electron chi connectivity index (χ2n) is 7.35. The Hall–Kier alpha value is -4.25. The third-order valence-electron chi connectivity index (χ3n) is 5.69. The number of aromatic nitrogens is 2. The van der Waals surface area contributed by atoms with Crippen molar-refractivity contribution >= 4 is 33.4 Å². The maximum Gasteiger partial charge on any atom is 0.196 e. The summed E-state index contributed by atoms with van der Waals surface area (Å²) < 4.78 is 0. The Kier molecular flexibility index (Phi) is 3.27. The van der Waals surface area contributed by atoms with E-state index in [1.165, 1.54) is 0 Å². The molecule has 30 heavy (non-hydrogen) atoms. The normalized spacial score (nSPS) is 12.9. The molecule has 5 heteroatoms. The van der Waals surface area contributed by atoms with Crippen LogP contribution in [0.15, 0.2) is 72.8 Å². The number of aromatic amines is 1. The SMILES string of the molecule is O=C1c2ccccc2C(=O)c2c1ccc1[nH]c(-c3c(O)ccc4ccccc34)nc21. The van der Waals surface area contributed by atoms with Crippen LogP contribution in [0.1, 0.15) is 31.8 Å². The fraction of sp³-hybridized carbons (Fsp3) is 0. The van der Waals surface area contributed by atoms with Crippen LogP contribution in [0.2, 0.25) is 0 Å². The molecule has 142 valence electrons. The van der Waals surface area contributed by atoms with E-state index in [9.17, 15) is 14.7 Å². The highest BCUT2D eigenvalue weighted by molar-refractivity contribution is 6.31. The highest BCUT2D eigenvalue weighted by Gasteiger charge is 2.32. The first-order chi connectivity index (χ1) is 14.6. The number of nitrogens with one attached hydrogen (secondary N) is 1. The zero-order valence-corrected chi connectivity index (χ0v) is 15.6. The van der Waals surface area contributed by atoms with E-state index in [1.807, 2.05) is 30.3 Å². The van der Waals surface area contributed by atoms with Crippen molar-refractivity contribution in [1.29, 1.82) is 0 Å². The van der Waals surface area contributed by atoms with Gasteiger partial charge in [0.05, 0.1) is 16.6 Å². The fourth-order valence-electron chi connectivity index (χ4n) is 4.28. The van der Waals surface area contributed by atoms with E-state index in [1.54, 1.807) is 42.5 Å². The van der Waals surface area contributed by atoms with Crippen molar-refractivity contribution in [3.63, 3.8) is 0 Å². The van der Waals surface area contributed by atoms with E-state index >= 15 is 0 Å². The molecule has 5 aromatic rings. The topological polar surface area (TPSA) is 83.0 Å². The first kappa shape index (κ1) is 16.7.